The Morgan fingerprint density at radius 1 is 1.36 bits per heavy atom. The zero-order chi connectivity index (χ0) is 9.42. The summed E-state index contributed by atoms with van der Waals surface area (Å²) in [4.78, 5) is 0. The lowest BCUT2D eigenvalue weighted by molar-refractivity contribution is 0.319. The Kier molecular flexibility index (Phi) is 2.67. The van der Waals surface area contributed by atoms with Gasteiger partial charge in [-0.15, -0.1) is 12.4 Å². The lowest BCUT2D eigenvalue weighted by atomic mass is 9.87. The van der Waals surface area contributed by atoms with Crippen LogP contribution in [0.15, 0.2) is 23.4 Å². The van der Waals surface area contributed by atoms with Gasteiger partial charge in [-0.25, -0.2) is 0 Å². The van der Waals surface area contributed by atoms with Gasteiger partial charge in [-0.1, -0.05) is 11.2 Å². The normalized spacial score (nSPS) is 13.4. The van der Waals surface area contributed by atoms with Crippen molar-refractivity contribution >= 4 is 35.6 Å². The van der Waals surface area contributed by atoms with Gasteiger partial charge in [0.2, 0.25) is 0 Å². The molecule has 0 amide bonds. The first-order valence-electron chi connectivity index (χ1n) is 3.82. The Morgan fingerprint density at radius 3 is 2.71 bits per heavy atom. The van der Waals surface area contributed by atoms with Gasteiger partial charge in [0.1, 0.15) is 0 Å². The third-order valence-corrected chi connectivity index (χ3v) is 2.05. The highest BCUT2D eigenvalue weighted by Gasteiger charge is 2.19. The third-order valence-electron chi connectivity index (χ3n) is 2.05. The van der Waals surface area contributed by atoms with Crippen molar-refractivity contribution in [2.75, 3.05) is 5.73 Å². The summed E-state index contributed by atoms with van der Waals surface area (Å²) in [5.41, 5.74) is 14.5. The van der Waals surface area contributed by atoms with Crippen molar-refractivity contribution in [3.8, 4) is 0 Å². The maximum Gasteiger partial charge on any atom is 0.170 e. The van der Waals surface area contributed by atoms with Crippen molar-refractivity contribution in [2.45, 2.75) is 0 Å². The van der Waals surface area contributed by atoms with Crippen molar-refractivity contribution in [3.63, 3.8) is 0 Å². The van der Waals surface area contributed by atoms with E-state index >= 15 is 0 Å². The highest BCUT2D eigenvalue weighted by Crippen LogP contribution is 2.33. The smallest absolute Gasteiger partial charge is 0.170 e. The zero-order valence-electron chi connectivity index (χ0n) is 7.27. The number of rotatable bonds is 1. The second kappa shape index (κ2) is 3.59. The third kappa shape index (κ3) is 1.40. The summed E-state index contributed by atoms with van der Waals surface area (Å²) >= 11 is 0. The van der Waals surface area contributed by atoms with Crippen LogP contribution in [0, 0.1) is 0 Å². The van der Waals surface area contributed by atoms with Crippen LogP contribution in [0.1, 0.15) is 11.1 Å². The molecule has 1 aliphatic rings. The van der Waals surface area contributed by atoms with Crippen molar-refractivity contribution in [1.29, 1.82) is 0 Å². The van der Waals surface area contributed by atoms with Crippen molar-refractivity contribution < 1.29 is 5.21 Å². The number of halogens is 1. The molecule has 0 aromatic heterocycles. The van der Waals surface area contributed by atoms with Crippen LogP contribution < -0.4 is 11.5 Å². The molecule has 74 valence electrons. The zero-order valence-corrected chi connectivity index (χ0v) is 8.08. The number of fused-ring (bicyclic) bond motifs is 1. The number of nitrogens with two attached hydrogens (primary N) is 2. The van der Waals surface area contributed by atoms with Crippen LogP contribution in [-0.2, 0) is 0 Å². The molecule has 1 aromatic carbocycles. The number of nitrogen functional groups attached to an aromatic ring is 1. The first kappa shape index (κ1) is 10.4. The van der Waals surface area contributed by atoms with Crippen molar-refractivity contribution in [1.82, 2.24) is 0 Å². The summed E-state index contributed by atoms with van der Waals surface area (Å²) in [6, 6.07) is 5.53. The predicted molar refractivity (Wildman–Crippen MR) is 59.4 cm³/mol. The van der Waals surface area contributed by atoms with E-state index in [2.05, 4.69) is 5.16 Å². The fourth-order valence-electron chi connectivity index (χ4n) is 1.35. The number of hydrogen-bond acceptors (Lipinski definition) is 3. The second-order valence-electron chi connectivity index (χ2n) is 2.89. The Balaban J connectivity index is 0.000000980. The van der Waals surface area contributed by atoms with Crippen molar-refractivity contribution in [2.24, 2.45) is 10.9 Å². The fraction of sp³-hybridized carbons (Fsp3) is 0. The molecule has 0 saturated carbocycles. The lowest BCUT2D eigenvalue weighted by Gasteiger charge is -2.18. The summed E-state index contributed by atoms with van der Waals surface area (Å²) < 4.78 is 0. The molecule has 1 aliphatic carbocycles. The average molecular weight is 212 g/mol. The molecular weight excluding hydrogens is 202 g/mol. The molecule has 5 heteroatoms. The second-order valence-corrected chi connectivity index (χ2v) is 2.89. The van der Waals surface area contributed by atoms with Gasteiger partial charge in [-0.05, 0) is 29.3 Å². The maximum atomic E-state index is 8.46. The molecule has 0 radical (unpaired) electrons. The molecule has 0 atom stereocenters. The molecular formula is C9H10ClN3O. The number of amidine groups is 1. The summed E-state index contributed by atoms with van der Waals surface area (Å²) in [5.74, 6) is 0.123. The Bertz CT molecular complexity index is 426. The number of nitrogens with zero attached hydrogens (tertiary/aromatic N) is 1. The first-order valence-corrected chi connectivity index (χ1v) is 3.82. The van der Waals surface area contributed by atoms with Gasteiger partial charge in [0.15, 0.2) is 5.84 Å². The topological polar surface area (TPSA) is 84.6 Å². The lowest BCUT2D eigenvalue weighted by Crippen LogP contribution is -2.18. The van der Waals surface area contributed by atoms with Gasteiger partial charge in [0.05, 0.1) is 0 Å². The van der Waals surface area contributed by atoms with Gasteiger partial charge in [0, 0.05) is 11.3 Å². The van der Waals surface area contributed by atoms with E-state index in [1.807, 2.05) is 24.3 Å². The molecule has 0 aliphatic heterocycles. The van der Waals surface area contributed by atoms with E-state index in [0.29, 0.717) is 5.69 Å². The minimum Gasteiger partial charge on any atom is -0.409 e. The van der Waals surface area contributed by atoms with Crippen LogP contribution in [0.2, 0.25) is 0 Å². The van der Waals surface area contributed by atoms with E-state index in [1.54, 1.807) is 0 Å². The quantitative estimate of drug-likeness (QED) is 0.215. The Morgan fingerprint density at radius 2 is 2.07 bits per heavy atom. The Labute approximate surface area is 87.3 Å². The first-order chi connectivity index (χ1) is 6.22. The van der Waals surface area contributed by atoms with Crippen LogP contribution in [0.3, 0.4) is 0 Å². The standard InChI is InChI=1S/C9H9N3O.ClH/c10-6-2-1-5-3-8(7(5)4-6)9(11)12-13;/h1-4,13H,10H2,(H2,11,12);1H. The average Bonchev–Trinajstić information content (AvgIpc) is 2.10. The van der Waals surface area contributed by atoms with Gasteiger partial charge in [-0.2, -0.15) is 0 Å². The van der Waals surface area contributed by atoms with E-state index in [4.69, 9.17) is 16.7 Å². The number of oxime groups is 1. The number of hydrogen-bond donors (Lipinski definition) is 3. The van der Waals surface area contributed by atoms with Gasteiger partial charge in [-0.3, -0.25) is 0 Å². The Hall–Kier alpha value is -1.68. The molecule has 14 heavy (non-hydrogen) atoms. The molecule has 5 N–H and O–H groups in total. The molecule has 2 rings (SSSR count). The molecule has 0 unspecified atom stereocenters. The van der Waals surface area contributed by atoms with Crippen molar-refractivity contribution in [3.05, 3.63) is 29.3 Å². The van der Waals surface area contributed by atoms with E-state index < -0.39 is 0 Å². The SMILES string of the molecule is Cl.NC(=NO)C1=Cc2ccc(N)cc21. The highest BCUT2D eigenvalue weighted by molar-refractivity contribution is 6.31. The minimum atomic E-state index is 0. The molecule has 1 aromatic rings. The maximum absolute atomic E-state index is 8.46. The molecule has 4 nitrogen and oxygen atoms in total. The van der Waals surface area contributed by atoms with E-state index in [1.165, 1.54) is 0 Å². The number of benzene rings is 1. The summed E-state index contributed by atoms with van der Waals surface area (Å²) in [6.07, 6.45) is 1.85. The van der Waals surface area contributed by atoms with E-state index in [0.717, 1.165) is 16.7 Å². The van der Waals surface area contributed by atoms with Crippen LogP contribution >= 0.6 is 12.4 Å². The summed E-state index contributed by atoms with van der Waals surface area (Å²) in [5, 5.41) is 11.4. The van der Waals surface area contributed by atoms with E-state index in [-0.39, 0.29) is 18.2 Å². The van der Waals surface area contributed by atoms with Crippen LogP contribution in [-0.4, -0.2) is 11.0 Å². The van der Waals surface area contributed by atoms with Gasteiger partial charge in [0.25, 0.3) is 0 Å². The van der Waals surface area contributed by atoms with Gasteiger partial charge < -0.3 is 16.7 Å². The van der Waals surface area contributed by atoms with Crippen LogP contribution in [0.4, 0.5) is 5.69 Å². The van der Waals surface area contributed by atoms with Crippen LogP contribution in [0.5, 0.6) is 0 Å². The fourth-order valence-corrected chi connectivity index (χ4v) is 1.35. The monoisotopic (exact) mass is 211 g/mol. The van der Waals surface area contributed by atoms with Crippen LogP contribution in [0.25, 0.3) is 11.6 Å². The molecule has 0 bridgehead atoms. The molecule has 0 saturated heterocycles. The summed E-state index contributed by atoms with van der Waals surface area (Å²) in [6.45, 7) is 0. The molecule has 0 fully saturated rings. The molecule has 0 spiro atoms. The summed E-state index contributed by atoms with van der Waals surface area (Å²) in [7, 11) is 0. The predicted octanol–water partition coefficient (Wildman–Crippen LogP) is 1.29. The number of anilines is 1. The minimum absolute atomic E-state index is 0. The molecule has 0 heterocycles. The highest BCUT2D eigenvalue weighted by atomic mass is 35.5. The largest absolute Gasteiger partial charge is 0.409 e. The van der Waals surface area contributed by atoms with E-state index in [9.17, 15) is 0 Å². The van der Waals surface area contributed by atoms with Gasteiger partial charge >= 0.3 is 0 Å².